The van der Waals surface area contributed by atoms with E-state index in [9.17, 15) is 4.79 Å². The number of para-hydroxylation sites is 1. The van der Waals surface area contributed by atoms with Crippen LogP contribution in [0, 0.1) is 12.8 Å². The molecule has 0 bridgehead atoms. The number of anilines is 1. The van der Waals surface area contributed by atoms with Crippen molar-refractivity contribution < 1.29 is 9.53 Å². The number of ether oxygens (including phenoxy) is 1. The van der Waals surface area contributed by atoms with Gasteiger partial charge in [0.15, 0.2) is 6.61 Å². The van der Waals surface area contributed by atoms with Crippen molar-refractivity contribution in [3.8, 4) is 5.75 Å². The van der Waals surface area contributed by atoms with Crippen LogP contribution in [0.3, 0.4) is 0 Å². The SMILES string of the molecule is Cc1ccccc1OCC(=O)NC(C)c1ccc(N2CCC(C)CC2)cc1. The minimum atomic E-state index is -0.111. The number of nitrogens with one attached hydrogen (secondary N) is 1. The number of benzene rings is 2. The zero-order valence-corrected chi connectivity index (χ0v) is 16.6. The Labute approximate surface area is 162 Å². The van der Waals surface area contributed by atoms with Gasteiger partial charge >= 0.3 is 0 Å². The molecule has 2 aromatic rings. The van der Waals surface area contributed by atoms with E-state index < -0.39 is 0 Å². The summed E-state index contributed by atoms with van der Waals surface area (Å²) in [6.45, 7) is 8.59. The summed E-state index contributed by atoms with van der Waals surface area (Å²) in [5.74, 6) is 1.47. The summed E-state index contributed by atoms with van der Waals surface area (Å²) in [6.07, 6.45) is 2.52. The molecule has 1 aliphatic heterocycles. The molecule has 1 fully saturated rings. The lowest BCUT2D eigenvalue weighted by Crippen LogP contribution is -2.33. The van der Waals surface area contributed by atoms with E-state index in [1.54, 1.807) is 0 Å². The highest BCUT2D eigenvalue weighted by Gasteiger charge is 2.16. The minimum Gasteiger partial charge on any atom is -0.484 e. The van der Waals surface area contributed by atoms with Gasteiger partial charge in [-0.25, -0.2) is 0 Å². The second-order valence-electron chi connectivity index (χ2n) is 7.60. The molecule has 1 unspecified atom stereocenters. The topological polar surface area (TPSA) is 41.6 Å². The molecule has 1 heterocycles. The second-order valence-corrected chi connectivity index (χ2v) is 7.60. The summed E-state index contributed by atoms with van der Waals surface area (Å²) in [4.78, 5) is 14.7. The van der Waals surface area contributed by atoms with Crippen molar-refractivity contribution in [1.29, 1.82) is 0 Å². The van der Waals surface area contributed by atoms with Gasteiger partial charge in [-0.15, -0.1) is 0 Å². The first kappa shape index (κ1) is 19.3. The summed E-state index contributed by atoms with van der Waals surface area (Å²) in [5.41, 5.74) is 3.40. The van der Waals surface area contributed by atoms with Crippen LogP contribution in [0.1, 0.15) is 43.9 Å². The predicted octanol–water partition coefficient (Wildman–Crippen LogP) is 4.49. The van der Waals surface area contributed by atoms with E-state index in [1.165, 1.54) is 18.5 Å². The van der Waals surface area contributed by atoms with Gasteiger partial charge < -0.3 is 15.0 Å². The molecule has 0 radical (unpaired) electrons. The zero-order chi connectivity index (χ0) is 19.2. The molecule has 27 heavy (non-hydrogen) atoms. The van der Waals surface area contributed by atoms with Crippen molar-refractivity contribution in [3.05, 3.63) is 59.7 Å². The van der Waals surface area contributed by atoms with E-state index in [2.05, 4.69) is 41.4 Å². The number of carbonyl (C=O) groups excluding carboxylic acids is 1. The molecule has 1 aliphatic rings. The Morgan fingerprint density at radius 1 is 1.15 bits per heavy atom. The van der Waals surface area contributed by atoms with E-state index in [1.807, 2.05) is 38.1 Å². The van der Waals surface area contributed by atoms with Crippen molar-refractivity contribution in [1.82, 2.24) is 5.32 Å². The summed E-state index contributed by atoms with van der Waals surface area (Å²) in [6, 6.07) is 16.2. The number of hydrogen-bond donors (Lipinski definition) is 1. The highest BCUT2D eigenvalue weighted by molar-refractivity contribution is 5.78. The summed E-state index contributed by atoms with van der Waals surface area (Å²) < 4.78 is 5.62. The Morgan fingerprint density at radius 2 is 1.81 bits per heavy atom. The number of aryl methyl sites for hydroxylation is 1. The molecular formula is C23H30N2O2. The van der Waals surface area contributed by atoms with Gasteiger partial charge in [0.2, 0.25) is 0 Å². The summed E-state index contributed by atoms with van der Waals surface area (Å²) >= 11 is 0. The highest BCUT2D eigenvalue weighted by Crippen LogP contribution is 2.24. The minimum absolute atomic E-state index is 0.0270. The molecule has 1 saturated heterocycles. The Kier molecular flexibility index (Phi) is 6.38. The molecule has 0 spiro atoms. The third kappa shape index (κ3) is 5.25. The molecule has 4 nitrogen and oxygen atoms in total. The maximum absolute atomic E-state index is 12.2. The first-order chi connectivity index (χ1) is 13.0. The van der Waals surface area contributed by atoms with E-state index in [4.69, 9.17) is 4.74 Å². The Bertz CT molecular complexity index is 749. The van der Waals surface area contributed by atoms with E-state index >= 15 is 0 Å². The fourth-order valence-corrected chi connectivity index (χ4v) is 3.47. The molecule has 1 atom stereocenters. The van der Waals surface area contributed by atoms with E-state index in [0.29, 0.717) is 0 Å². The van der Waals surface area contributed by atoms with Gasteiger partial charge in [-0.05, 0) is 61.9 Å². The number of piperidine rings is 1. The first-order valence-corrected chi connectivity index (χ1v) is 9.85. The molecule has 2 aromatic carbocycles. The van der Waals surface area contributed by atoms with Gasteiger partial charge in [-0.2, -0.15) is 0 Å². The van der Waals surface area contributed by atoms with Gasteiger partial charge in [0.1, 0.15) is 5.75 Å². The molecule has 0 aliphatic carbocycles. The van der Waals surface area contributed by atoms with Crippen LogP contribution < -0.4 is 15.0 Å². The van der Waals surface area contributed by atoms with Crippen molar-refractivity contribution in [3.63, 3.8) is 0 Å². The predicted molar refractivity (Wildman–Crippen MR) is 110 cm³/mol. The lowest BCUT2D eigenvalue weighted by molar-refractivity contribution is -0.123. The summed E-state index contributed by atoms with van der Waals surface area (Å²) in [7, 11) is 0. The normalized spacial score (nSPS) is 16.0. The lowest BCUT2D eigenvalue weighted by atomic mass is 9.98. The van der Waals surface area contributed by atoms with Gasteiger partial charge in [-0.1, -0.05) is 37.3 Å². The number of amides is 1. The molecule has 0 saturated carbocycles. The van der Waals surface area contributed by atoms with Crippen molar-refractivity contribution in [2.24, 2.45) is 5.92 Å². The third-order valence-corrected chi connectivity index (χ3v) is 5.37. The Balaban J connectivity index is 1.50. The van der Waals surface area contributed by atoms with Crippen molar-refractivity contribution >= 4 is 11.6 Å². The number of hydrogen-bond acceptors (Lipinski definition) is 3. The third-order valence-electron chi connectivity index (χ3n) is 5.37. The quantitative estimate of drug-likeness (QED) is 0.819. The fraction of sp³-hybridized carbons (Fsp3) is 0.435. The van der Waals surface area contributed by atoms with Crippen LogP contribution in [0.2, 0.25) is 0 Å². The van der Waals surface area contributed by atoms with E-state index in [0.717, 1.165) is 35.9 Å². The van der Waals surface area contributed by atoms with Gasteiger partial charge in [0, 0.05) is 18.8 Å². The van der Waals surface area contributed by atoms with Crippen LogP contribution >= 0.6 is 0 Å². The van der Waals surface area contributed by atoms with Gasteiger partial charge in [-0.3, -0.25) is 4.79 Å². The molecule has 1 N–H and O–H groups in total. The largest absolute Gasteiger partial charge is 0.484 e. The first-order valence-electron chi connectivity index (χ1n) is 9.85. The lowest BCUT2D eigenvalue weighted by Gasteiger charge is -2.32. The molecular weight excluding hydrogens is 336 g/mol. The van der Waals surface area contributed by atoms with Gasteiger partial charge in [0.05, 0.1) is 6.04 Å². The average molecular weight is 367 g/mol. The maximum Gasteiger partial charge on any atom is 0.258 e. The maximum atomic E-state index is 12.2. The number of carbonyl (C=O) groups is 1. The fourth-order valence-electron chi connectivity index (χ4n) is 3.47. The van der Waals surface area contributed by atoms with Crippen LogP contribution in [0.5, 0.6) is 5.75 Å². The Hall–Kier alpha value is -2.49. The zero-order valence-electron chi connectivity index (χ0n) is 16.6. The van der Waals surface area contributed by atoms with Crippen LogP contribution in [-0.4, -0.2) is 25.6 Å². The summed E-state index contributed by atoms with van der Waals surface area (Å²) in [5, 5.41) is 3.01. The molecule has 3 rings (SSSR count). The molecule has 4 heteroatoms. The second kappa shape index (κ2) is 8.94. The number of nitrogens with zero attached hydrogens (tertiary/aromatic N) is 1. The van der Waals surface area contributed by atoms with Crippen molar-refractivity contribution in [2.75, 3.05) is 24.6 Å². The molecule has 0 aromatic heterocycles. The molecule has 144 valence electrons. The van der Waals surface area contributed by atoms with Gasteiger partial charge in [0.25, 0.3) is 5.91 Å². The van der Waals surface area contributed by atoms with Crippen LogP contribution in [0.4, 0.5) is 5.69 Å². The van der Waals surface area contributed by atoms with Crippen LogP contribution in [0.15, 0.2) is 48.5 Å². The average Bonchev–Trinajstić information content (AvgIpc) is 2.68. The van der Waals surface area contributed by atoms with Crippen LogP contribution in [-0.2, 0) is 4.79 Å². The standard InChI is InChI=1S/C23H30N2O2/c1-17-12-14-25(15-13-17)21-10-8-20(9-11-21)19(3)24-23(26)16-27-22-7-5-4-6-18(22)2/h4-11,17,19H,12-16H2,1-3H3,(H,24,26). The Morgan fingerprint density at radius 3 is 2.48 bits per heavy atom. The monoisotopic (exact) mass is 366 g/mol. The highest BCUT2D eigenvalue weighted by atomic mass is 16.5. The smallest absolute Gasteiger partial charge is 0.258 e. The molecule has 1 amide bonds. The number of rotatable bonds is 6. The van der Waals surface area contributed by atoms with E-state index in [-0.39, 0.29) is 18.6 Å². The van der Waals surface area contributed by atoms with Crippen molar-refractivity contribution in [2.45, 2.75) is 39.7 Å². The van der Waals surface area contributed by atoms with Crippen LogP contribution in [0.25, 0.3) is 0 Å².